The number of carboxylic acids is 2. The molecule has 0 unspecified atom stereocenters. The van der Waals surface area contributed by atoms with Crippen LogP contribution in [-0.2, 0) is 0 Å². The second kappa shape index (κ2) is 4.37. The summed E-state index contributed by atoms with van der Waals surface area (Å²) in [7, 11) is 1.47. The van der Waals surface area contributed by atoms with Crippen molar-refractivity contribution in [1.29, 1.82) is 0 Å². The number of carboxylic acid groups (broad SMARTS) is 2. The Balaban J connectivity index is 2.84. The third-order valence-electron chi connectivity index (χ3n) is 2.66. The van der Waals surface area contributed by atoms with Gasteiger partial charge in [0.05, 0.1) is 18.2 Å². The van der Waals surface area contributed by atoms with Gasteiger partial charge in [0.1, 0.15) is 5.75 Å². The SMILES string of the molecule is COc1cccc2cc(C(=O)O)c(C(=O)O)cc12. The Morgan fingerprint density at radius 2 is 1.67 bits per heavy atom. The molecule has 2 N–H and O–H groups in total. The molecular weight excluding hydrogens is 236 g/mol. The number of aromatic carboxylic acids is 2. The smallest absolute Gasteiger partial charge is 0.336 e. The fraction of sp³-hybridized carbons (Fsp3) is 0.0769. The van der Waals surface area contributed by atoms with Gasteiger partial charge in [-0.15, -0.1) is 0 Å². The van der Waals surface area contributed by atoms with Gasteiger partial charge in [-0.3, -0.25) is 0 Å². The van der Waals surface area contributed by atoms with Gasteiger partial charge >= 0.3 is 11.9 Å². The van der Waals surface area contributed by atoms with Crippen LogP contribution in [0.3, 0.4) is 0 Å². The van der Waals surface area contributed by atoms with Crippen molar-refractivity contribution in [1.82, 2.24) is 0 Å². The van der Waals surface area contributed by atoms with Crippen molar-refractivity contribution in [2.24, 2.45) is 0 Å². The average Bonchev–Trinajstić information content (AvgIpc) is 2.36. The molecule has 0 saturated heterocycles. The van der Waals surface area contributed by atoms with Crippen molar-refractivity contribution in [3.8, 4) is 5.75 Å². The van der Waals surface area contributed by atoms with Crippen LogP contribution >= 0.6 is 0 Å². The van der Waals surface area contributed by atoms with Gasteiger partial charge in [-0.25, -0.2) is 9.59 Å². The first-order valence-corrected chi connectivity index (χ1v) is 5.12. The first-order chi connectivity index (χ1) is 8.54. The van der Waals surface area contributed by atoms with Gasteiger partial charge in [0.15, 0.2) is 0 Å². The monoisotopic (exact) mass is 246 g/mol. The lowest BCUT2D eigenvalue weighted by molar-refractivity contribution is 0.0652. The molecule has 0 radical (unpaired) electrons. The quantitative estimate of drug-likeness (QED) is 0.867. The second-order valence-electron chi connectivity index (χ2n) is 3.69. The Labute approximate surface area is 102 Å². The first kappa shape index (κ1) is 11.9. The molecule has 0 aliphatic carbocycles. The summed E-state index contributed by atoms with van der Waals surface area (Å²) >= 11 is 0. The van der Waals surface area contributed by atoms with E-state index < -0.39 is 11.9 Å². The minimum atomic E-state index is -1.28. The van der Waals surface area contributed by atoms with Gasteiger partial charge in [0.25, 0.3) is 0 Å². The molecular formula is C13H10O5. The van der Waals surface area contributed by atoms with Crippen LogP contribution in [0.15, 0.2) is 30.3 Å². The van der Waals surface area contributed by atoms with Gasteiger partial charge < -0.3 is 14.9 Å². The molecule has 5 heteroatoms. The van der Waals surface area contributed by atoms with Crippen LogP contribution in [0.4, 0.5) is 0 Å². The maximum Gasteiger partial charge on any atom is 0.336 e. The number of benzene rings is 2. The van der Waals surface area contributed by atoms with Crippen LogP contribution in [0.2, 0.25) is 0 Å². The van der Waals surface area contributed by atoms with Gasteiger partial charge in [0.2, 0.25) is 0 Å². The summed E-state index contributed by atoms with van der Waals surface area (Å²) in [6, 6.07) is 7.77. The molecule has 5 nitrogen and oxygen atoms in total. The number of ether oxygens (including phenoxy) is 1. The molecule has 0 saturated carbocycles. The van der Waals surface area contributed by atoms with E-state index in [1.54, 1.807) is 18.2 Å². The van der Waals surface area contributed by atoms with Crippen molar-refractivity contribution in [3.05, 3.63) is 41.5 Å². The second-order valence-corrected chi connectivity index (χ2v) is 3.69. The third-order valence-corrected chi connectivity index (χ3v) is 2.66. The molecule has 0 amide bonds. The van der Waals surface area contributed by atoms with Gasteiger partial charge in [0, 0.05) is 5.39 Å². The summed E-state index contributed by atoms with van der Waals surface area (Å²) in [5.74, 6) is -2.04. The molecule has 2 aromatic carbocycles. The molecule has 92 valence electrons. The summed E-state index contributed by atoms with van der Waals surface area (Å²) in [6.07, 6.45) is 0. The van der Waals surface area contributed by atoms with Gasteiger partial charge in [-0.1, -0.05) is 12.1 Å². The summed E-state index contributed by atoms with van der Waals surface area (Å²) in [5, 5.41) is 19.2. The van der Waals surface area contributed by atoms with Crippen LogP contribution in [0.25, 0.3) is 10.8 Å². The summed E-state index contributed by atoms with van der Waals surface area (Å²) in [6.45, 7) is 0. The molecule has 18 heavy (non-hydrogen) atoms. The van der Waals surface area contributed by atoms with Crippen LogP contribution in [0.5, 0.6) is 5.75 Å². The molecule has 0 atom stereocenters. The van der Waals surface area contributed by atoms with E-state index in [4.69, 9.17) is 14.9 Å². The van der Waals surface area contributed by atoms with E-state index in [1.807, 2.05) is 0 Å². The minimum absolute atomic E-state index is 0.233. The van der Waals surface area contributed by atoms with Crippen molar-refractivity contribution >= 4 is 22.7 Å². The van der Waals surface area contributed by atoms with Crippen LogP contribution in [0.1, 0.15) is 20.7 Å². The lowest BCUT2D eigenvalue weighted by Crippen LogP contribution is -2.08. The van der Waals surface area contributed by atoms with Crippen molar-refractivity contribution in [2.45, 2.75) is 0 Å². The summed E-state index contributed by atoms with van der Waals surface area (Å²) in [5.41, 5.74) is -0.484. The Bertz CT molecular complexity index is 645. The molecule has 0 heterocycles. The van der Waals surface area contributed by atoms with Crippen LogP contribution in [-0.4, -0.2) is 29.3 Å². The maximum absolute atomic E-state index is 11.1. The predicted molar refractivity (Wildman–Crippen MR) is 64.4 cm³/mol. The van der Waals surface area contributed by atoms with Crippen molar-refractivity contribution in [2.75, 3.05) is 7.11 Å². The number of methoxy groups -OCH3 is 1. The Kier molecular flexibility index (Phi) is 2.89. The van der Waals surface area contributed by atoms with E-state index in [9.17, 15) is 9.59 Å². The highest BCUT2D eigenvalue weighted by atomic mass is 16.5. The fourth-order valence-electron chi connectivity index (χ4n) is 1.83. The lowest BCUT2D eigenvalue weighted by Gasteiger charge is -2.08. The summed E-state index contributed by atoms with van der Waals surface area (Å²) < 4.78 is 5.12. The van der Waals surface area contributed by atoms with Gasteiger partial charge in [-0.05, 0) is 23.6 Å². The fourth-order valence-corrected chi connectivity index (χ4v) is 1.83. The highest BCUT2D eigenvalue weighted by Crippen LogP contribution is 2.28. The average molecular weight is 246 g/mol. The first-order valence-electron chi connectivity index (χ1n) is 5.12. The number of hydrogen-bond donors (Lipinski definition) is 2. The Morgan fingerprint density at radius 1 is 1.06 bits per heavy atom. The summed E-state index contributed by atoms with van der Waals surface area (Å²) in [4.78, 5) is 22.1. The third kappa shape index (κ3) is 1.86. The zero-order valence-corrected chi connectivity index (χ0v) is 9.51. The van der Waals surface area contributed by atoms with Crippen LogP contribution < -0.4 is 4.74 Å². The number of carbonyl (C=O) groups is 2. The topological polar surface area (TPSA) is 83.8 Å². The predicted octanol–water partition coefficient (Wildman–Crippen LogP) is 2.24. The minimum Gasteiger partial charge on any atom is -0.496 e. The molecule has 0 bridgehead atoms. The van der Waals surface area contributed by atoms with E-state index >= 15 is 0 Å². The highest BCUT2D eigenvalue weighted by molar-refractivity contribution is 6.07. The van der Waals surface area contributed by atoms with E-state index in [1.165, 1.54) is 19.2 Å². The molecule has 0 spiro atoms. The molecule has 0 aliphatic heterocycles. The highest BCUT2D eigenvalue weighted by Gasteiger charge is 2.18. The zero-order valence-electron chi connectivity index (χ0n) is 9.51. The molecule has 0 fully saturated rings. The van der Waals surface area contributed by atoms with Crippen molar-refractivity contribution < 1.29 is 24.5 Å². The zero-order chi connectivity index (χ0) is 13.3. The Morgan fingerprint density at radius 3 is 2.22 bits per heavy atom. The number of hydrogen-bond acceptors (Lipinski definition) is 3. The molecule has 0 aliphatic rings. The van der Waals surface area contributed by atoms with Crippen LogP contribution in [0, 0.1) is 0 Å². The standard InChI is InChI=1S/C13H10O5/c1-18-11-4-2-3-7-5-9(12(14)15)10(13(16)17)6-8(7)11/h2-6H,1H3,(H,14,15)(H,16,17). The van der Waals surface area contributed by atoms with E-state index in [0.717, 1.165) is 0 Å². The Hall–Kier alpha value is -2.56. The number of rotatable bonds is 3. The van der Waals surface area contributed by atoms with Crippen molar-refractivity contribution in [3.63, 3.8) is 0 Å². The van der Waals surface area contributed by atoms with E-state index in [2.05, 4.69) is 0 Å². The molecule has 2 aromatic rings. The largest absolute Gasteiger partial charge is 0.496 e. The normalized spacial score (nSPS) is 10.3. The van der Waals surface area contributed by atoms with Gasteiger partial charge in [-0.2, -0.15) is 0 Å². The maximum atomic E-state index is 11.1. The lowest BCUT2D eigenvalue weighted by atomic mass is 10.0. The van der Waals surface area contributed by atoms with E-state index in [0.29, 0.717) is 16.5 Å². The molecule has 2 rings (SSSR count). The van der Waals surface area contributed by atoms with E-state index in [-0.39, 0.29) is 11.1 Å². The molecule has 0 aromatic heterocycles. The number of fused-ring (bicyclic) bond motifs is 1.